The molecule has 0 aromatic heterocycles. The van der Waals surface area contributed by atoms with Crippen molar-refractivity contribution < 1.29 is 9.13 Å². The van der Waals surface area contributed by atoms with E-state index in [1.165, 1.54) is 6.08 Å². The van der Waals surface area contributed by atoms with E-state index in [-0.39, 0.29) is 24.8 Å². The van der Waals surface area contributed by atoms with Crippen LogP contribution in [0.3, 0.4) is 0 Å². The van der Waals surface area contributed by atoms with E-state index < -0.39 is 0 Å². The van der Waals surface area contributed by atoms with Crippen molar-refractivity contribution in [2.75, 3.05) is 13.7 Å². The highest BCUT2D eigenvalue weighted by Gasteiger charge is 1.95. The van der Waals surface area contributed by atoms with E-state index >= 15 is 0 Å². The summed E-state index contributed by atoms with van der Waals surface area (Å²) in [6.45, 7) is -0.0377. The summed E-state index contributed by atoms with van der Waals surface area (Å²) in [5.74, 6) is 0.497. The topological polar surface area (TPSA) is 35.2 Å². The lowest BCUT2D eigenvalue weighted by Gasteiger charge is -2.01. The van der Waals surface area contributed by atoms with Gasteiger partial charge in [-0.3, -0.25) is 0 Å². The smallest absolute Gasteiger partial charge is 0.119 e. The third-order valence-corrected chi connectivity index (χ3v) is 1.89. The van der Waals surface area contributed by atoms with Crippen molar-refractivity contribution in [1.82, 2.24) is 0 Å². The molecule has 1 aromatic rings. The van der Waals surface area contributed by atoms with E-state index in [4.69, 9.17) is 10.5 Å². The molecule has 84 valence electrons. The van der Waals surface area contributed by atoms with Gasteiger partial charge in [0.05, 0.1) is 7.11 Å². The fraction of sp³-hybridized carbons (Fsp3) is 0.273. The molecule has 0 aliphatic heterocycles. The number of allylic oxidation sites excluding steroid dienone is 1. The van der Waals surface area contributed by atoms with E-state index in [0.717, 1.165) is 11.3 Å². The van der Waals surface area contributed by atoms with Crippen LogP contribution in [0.25, 0.3) is 0 Å². The fourth-order valence-corrected chi connectivity index (χ4v) is 1.11. The Morgan fingerprint density at radius 1 is 1.53 bits per heavy atom. The normalized spacial score (nSPS) is 10.7. The molecular formula is C11H15ClFNO. The standard InChI is InChI=1S/C11H14FNO.ClH/c1-14-11-4-2-3-9(7-11)5-6-10(12)8-13;/h2-4,6-7H,5,8,13H2,1H3;1H. The van der Waals surface area contributed by atoms with Crippen LogP contribution in [0.4, 0.5) is 4.39 Å². The number of rotatable bonds is 4. The molecule has 15 heavy (non-hydrogen) atoms. The molecule has 0 saturated carbocycles. The summed E-state index contributed by atoms with van der Waals surface area (Å²) in [5, 5.41) is 0. The van der Waals surface area contributed by atoms with Crippen molar-refractivity contribution in [3.63, 3.8) is 0 Å². The Balaban J connectivity index is 0.00000196. The summed E-state index contributed by atoms with van der Waals surface area (Å²) in [6, 6.07) is 7.53. The zero-order valence-electron chi connectivity index (χ0n) is 8.57. The molecule has 0 aliphatic carbocycles. The highest BCUT2D eigenvalue weighted by molar-refractivity contribution is 5.85. The molecule has 2 N–H and O–H groups in total. The Labute approximate surface area is 95.3 Å². The molecule has 0 spiro atoms. The predicted molar refractivity (Wildman–Crippen MR) is 62.2 cm³/mol. The molecule has 0 radical (unpaired) electrons. The zero-order chi connectivity index (χ0) is 10.4. The van der Waals surface area contributed by atoms with Gasteiger partial charge < -0.3 is 10.5 Å². The summed E-state index contributed by atoms with van der Waals surface area (Å²) >= 11 is 0. The maximum absolute atomic E-state index is 12.7. The highest BCUT2D eigenvalue weighted by atomic mass is 35.5. The second-order valence-electron chi connectivity index (χ2n) is 2.91. The van der Waals surface area contributed by atoms with Gasteiger partial charge in [0.15, 0.2) is 0 Å². The average molecular weight is 232 g/mol. The van der Waals surface area contributed by atoms with Crippen LogP contribution in [0.15, 0.2) is 36.2 Å². The second kappa shape index (κ2) is 7.26. The zero-order valence-corrected chi connectivity index (χ0v) is 9.39. The number of halogens is 2. The van der Waals surface area contributed by atoms with Crippen molar-refractivity contribution in [2.45, 2.75) is 6.42 Å². The molecule has 0 fully saturated rings. The van der Waals surface area contributed by atoms with Gasteiger partial charge in [0.2, 0.25) is 0 Å². The van der Waals surface area contributed by atoms with E-state index in [0.29, 0.717) is 6.42 Å². The van der Waals surface area contributed by atoms with Gasteiger partial charge in [0.1, 0.15) is 11.6 Å². The summed E-state index contributed by atoms with van der Waals surface area (Å²) in [6.07, 6.45) is 2.02. The van der Waals surface area contributed by atoms with E-state index in [1.54, 1.807) is 7.11 Å². The fourth-order valence-electron chi connectivity index (χ4n) is 1.11. The average Bonchev–Trinajstić information content (AvgIpc) is 2.26. The van der Waals surface area contributed by atoms with E-state index in [2.05, 4.69) is 0 Å². The first-order valence-corrected chi connectivity index (χ1v) is 4.44. The minimum absolute atomic E-state index is 0. The summed E-state index contributed by atoms with van der Waals surface area (Å²) in [4.78, 5) is 0. The molecule has 0 unspecified atom stereocenters. The van der Waals surface area contributed by atoms with Gasteiger partial charge >= 0.3 is 0 Å². The van der Waals surface area contributed by atoms with E-state index in [1.807, 2.05) is 24.3 Å². The van der Waals surface area contributed by atoms with Gasteiger partial charge in [-0.1, -0.05) is 12.1 Å². The Morgan fingerprint density at radius 2 is 2.27 bits per heavy atom. The number of nitrogens with two attached hydrogens (primary N) is 1. The minimum Gasteiger partial charge on any atom is -0.497 e. The first-order chi connectivity index (χ1) is 6.76. The van der Waals surface area contributed by atoms with Gasteiger partial charge in [-0.2, -0.15) is 0 Å². The van der Waals surface area contributed by atoms with Crippen LogP contribution in [-0.4, -0.2) is 13.7 Å². The van der Waals surface area contributed by atoms with Crippen molar-refractivity contribution in [1.29, 1.82) is 0 Å². The van der Waals surface area contributed by atoms with E-state index in [9.17, 15) is 4.39 Å². The molecule has 0 aliphatic rings. The third-order valence-electron chi connectivity index (χ3n) is 1.89. The molecule has 0 amide bonds. The monoisotopic (exact) mass is 231 g/mol. The first-order valence-electron chi connectivity index (χ1n) is 4.44. The van der Waals surface area contributed by atoms with Crippen molar-refractivity contribution in [3.05, 3.63) is 41.7 Å². The largest absolute Gasteiger partial charge is 0.497 e. The van der Waals surface area contributed by atoms with Crippen LogP contribution in [-0.2, 0) is 6.42 Å². The van der Waals surface area contributed by atoms with Crippen molar-refractivity contribution in [3.8, 4) is 5.75 Å². The Bertz CT molecular complexity index is 328. The van der Waals surface area contributed by atoms with Crippen LogP contribution in [0.2, 0.25) is 0 Å². The van der Waals surface area contributed by atoms with Crippen molar-refractivity contribution in [2.24, 2.45) is 5.73 Å². The molecule has 0 atom stereocenters. The number of ether oxygens (including phenoxy) is 1. The Hall–Kier alpha value is -1.06. The Morgan fingerprint density at radius 3 is 2.87 bits per heavy atom. The van der Waals surface area contributed by atoms with Crippen LogP contribution >= 0.6 is 12.4 Å². The maximum Gasteiger partial charge on any atom is 0.119 e. The van der Waals surface area contributed by atoms with Crippen LogP contribution in [0.5, 0.6) is 5.75 Å². The van der Waals surface area contributed by atoms with Crippen LogP contribution in [0, 0.1) is 0 Å². The van der Waals surface area contributed by atoms with Gasteiger partial charge in [-0.05, 0) is 30.2 Å². The molecule has 1 rings (SSSR count). The Kier molecular flexibility index (Phi) is 6.75. The summed E-state index contributed by atoms with van der Waals surface area (Å²) < 4.78 is 17.8. The van der Waals surface area contributed by atoms with Crippen LogP contribution < -0.4 is 10.5 Å². The maximum atomic E-state index is 12.7. The second-order valence-corrected chi connectivity index (χ2v) is 2.91. The number of methoxy groups -OCH3 is 1. The molecule has 2 nitrogen and oxygen atoms in total. The van der Waals surface area contributed by atoms with Gasteiger partial charge in [0.25, 0.3) is 0 Å². The molecule has 0 saturated heterocycles. The predicted octanol–water partition coefficient (Wildman–Crippen LogP) is 2.47. The lowest BCUT2D eigenvalue weighted by molar-refractivity contribution is 0.414. The molecular weight excluding hydrogens is 217 g/mol. The van der Waals surface area contributed by atoms with Crippen LogP contribution in [0.1, 0.15) is 5.56 Å². The SMILES string of the molecule is COc1cccc(CC=C(F)CN)c1.Cl. The number of benzene rings is 1. The minimum atomic E-state index is -0.284. The molecule has 1 aromatic carbocycles. The van der Waals surface area contributed by atoms with Gasteiger partial charge in [-0.15, -0.1) is 12.4 Å². The van der Waals surface area contributed by atoms with Gasteiger partial charge in [0, 0.05) is 6.54 Å². The lowest BCUT2D eigenvalue weighted by Crippen LogP contribution is -1.99. The molecule has 0 heterocycles. The number of hydrogen-bond donors (Lipinski definition) is 1. The molecule has 0 bridgehead atoms. The first kappa shape index (κ1) is 13.9. The molecule has 4 heteroatoms. The van der Waals surface area contributed by atoms with Gasteiger partial charge in [-0.25, -0.2) is 4.39 Å². The number of hydrogen-bond acceptors (Lipinski definition) is 2. The lowest BCUT2D eigenvalue weighted by atomic mass is 10.1. The third kappa shape index (κ3) is 4.81. The quantitative estimate of drug-likeness (QED) is 0.864. The summed E-state index contributed by atoms with van der Waals surface area (Å²) in [5.41, 5.74) is 6.13. The highest BCUT2D eigenvalue weighted by Crippen LogP contribution is 2.13. The van der Waals surface area contributed by atoms with Crippen molar-refractivity contribution >= 4 is 12.4 Å². The summed E-state index contributed by atoms with van der Waals surface area (Å²) in [7, 11) is 1.61.